The van der Waals surface area contributed by atoms with Crippen LogP contribution in [0.1, 0.15) is 28.8 Å². The Morgan fingerprint density at radius 3 is 2.48 bits per heavy atom. The van der Waals surface area contributed by atoms with Crippen molar-refractivity contribution in [3.05, 3.63) is 53.6 Å². The van der Waals surface area contributed by atoms with E-state index in [2.05, 4.69) is 16.0 Å². The van der Waals surface area contributed by atoms with E-state index in [1.165, 1.54) is 0 Å². The van der Waals surface area contributed by atoms with Crippen LogP contribution in [0.2, 0.25) is 0 Å². The number of anilines is 3. The smallest absolute Gasteiger partial charge is 0.319 e. The normalized spacial score (nSPS) is 16.0. The molecule has 1 fully saturated rings. The van der Waals surface area contributed by atoms with Crippen molar-refractivity contribution >= 4 is 29.0 Å². The number of nitrogens with two attached hydrogens (primary N) is 1. The van der Waals surface area contributed by atoms with Gasteiger partial charge in [0, 0.05) is 35.8 Å². The molecule has 1 aliphatic heterocycles. The van der Waals surface area contributed by atoms with E-state index in [1.807, 2.05) is 13.0 Å². The third-order valence-corrected chi connectivity index (χ3v) is 4.42. The lowest BCUT2D eigenvalue weighted by Crippen LogP contribution is -2.35. The van der Waals surface area contributed by atoms with Gasteiger partial charge in [-0.15, -0.1) is 0 Å². The first-order valence-electron chi connectivity index (χ1n) is 8.95. The molecule has 3 rings (SSSR count). The monoisotopic (exact) mass is 368 g/mol. The molecule has 2 aromatic carbocycles. The molecule has 1 atom stereocenters. The first kappa shape index (κ1) is 18.7. The van der Waals surface area contributed by atoms with Crippen LogP contribution < -0.4 is 21.7 Å². The van der Waals surface area contributed by atoms with Gasteiger partial charge < -0.3 is 26.4 Å². The van der Waals surface area contributed by atoms with Crippen LogP contribution >= 0.6 is 0 Å². The Labute approximate surface area is 158 Å². The highest BCUT2D eigenvalue weighted by molar-refractivity contribution is 6.05. The van der Waals surface area contributed by atoms with Gasteiger partial charge >= 0.3 is 6.03 Å². The predicted octanol–water partition coefficient (Wildman–Crippen LogP) is 3.13. The molecule has 1 aliphatic rings. The maximum atomic E-state index is 12.4. The first-order valence-corrected chi connectivity index (χ1v) is 8.95. The molecule has 1 saturated heterocycles. The Hall–Kier alpha value is -3.06. The maximum Gasteiger partial charge on any atom is 0.319 e. The summed E-state index contributed by atoms with van der Waals surface area (Å²) in [5.74, 6) is -0.227. The van der Waals surface area contributed by atoms with Crippen LogP contribution in [0, 0.1) is 6.92 Å². The van der Waals surface area contributed by atoms with Crippen LogP contribution in [0.25, 0.3) is 0 Å². The van der Waals surface area contributed by atoms with Crippen LogP contribution in [-0.2, 0) is 4.74 Å². The first-order chi connectivity index (χ1) is 13.0. The minimum atomic E-state index is -0.280. The molecule has 0 saturated carbocycles. The second kappa shape index (κ2) is 8.55. The van der Waals surface area contributed by atoms with Gasteiger partial charge in [-0.1, -0.05) is 6.07 Å². The summed E-state index contributed by atoms with van der Waals surface area (Å²) < 4.78 is 5.47. The van der Waals surface area contributed by atoms with Crippen LogP contribution in [0.15, 0.2) is 42.5 Å². The number of hydrogen-bond acceptors (Lipinski definition) is 4. The summed E-state index contributed by atoms with van der Waals surface area (Å²) in [5.41, 5.74) is 8.95. The van der Waals surface area contributed by atoms with Gasteiger partial charge in [0.2, 0.25) is 0 Å². The molecule has 2 aromatic rings. The molecule has 5 N–H and O–H groups in total. The highest BCUT2D eigenvalue weighted by atomic mass is 16.5. The molecule has 1 unspecified atom stereocenters. The van der Waals surface area contributed by atoms with Crippen molar-refractivity contribution in [1.29, 1.82) is 0 Å². The lowest BCUT2D eigenvalue weighted by molar-refractivity contribution is 0.102. The highest BCUT2D eigenvalue weighted by Crippen LogP contribution is 2.17. The molecule has 0 bridgehead atoms. The highest BCUT2D eigenvalue weighted by Gasteiger charge is 2.16. The quantitative estimate of drug-likeness (QED) is 0.609. The number of nitrogen functional groups attached to an aromatic ring is 1. The zero-order valence-corrected chi connectivity index (χ0v) is 15.2. The van der Waals surface area contributed by atoms with Crippen molar-refractivity contribution in [3.8, 4) is 0 Å². The van der Waals surface area contributed by atoms with Crippen molar-refractivity contribution in [2.24, 2.45) is 0 Å². The average Bonchev–Trinajstić information content (AvgIpc) is 3.17. The van der Waals surface area contributed by atoms with E-state index in [0.29, 0.717) is 29.2 Å². The molecule has 1 heterocycles. The SMILES string of the molecule is Cc1ccc(N)cc1C(=O)Nc1ccc(NC(=O)NCC2CCCO2)cc1. The molecule has 3 amide bonds. The van der Waals surface area contributed by atoms with Gasteiger partial charge in [0.05, 0.1) is 6.10 Å². The zero-order valence-electron chi connectivity index (χ0n) is 15.2. The standard InChI is InChI=1S/C20H24N4O3/c1-13-4-5-14(21)11-18(13)19(25)23-15-6-8-16(9-7-15)24-20(26)22-12-17-3-2-10-27-17/h4-9,11,17H,2-3,10,12,21H2,1H3,(H,23,25)(H2,22,24,26). The average molecular weight is 368 g/mol. The largest absolute Gasteiger partial charge is 0.399 e. The number of ether oxygens (including phenoxy) is 1. The van der Waals surface area contributed by atoms with Crippen LogP contribution in [0.5, 0.6) is 0 Å². The molecular formula is C20H24N4O3. The number of amides is 3. The number of benzene rings is 2. The number of aryl methyl sites for hydroxylation is 1. The Bertz CT molecular complexity index is 814. The van der Waals surface area contributed by atoms with E-state index >= 15 is 0 Å². The molecular weight excluding hydrogens is 344 g/mol. The summed E-state index contributed by atoms with van der Waals surface area (Å²) in [6.45, 7) is 3.12. The van der Waals surface area contributed by atoms with Crippen LogP contribution in [0.4, 0.5) is 21.9 Å². The zero-order chi connectivity index (χ0) is 19.2. The topological polar surface area (TPSA) is 105 Å². The van der Waals surface area contributed by atoms with E-state index in [9.17, 15) is 9.59 Å². The van der Waals surface area contributed by atoms with Gasteiger partial charge in [0.25, 0.3) is 5.91 Å². The minimum Gasteiger partial charge on any atom is -0.399 e. The Morgan fingerprint density at radius 2 is 1.81 bits per heavy atom. The lowest BCUT2D eigenvalue weighted by atomic mass is 10.1. The fraction of sp³-hybridized carbons (Fsp3) is 0.300. The molecule has 0 spiro atoms. The van der Waals surface area contributed by atoms with Crippen molar-refractivity contribution in [2.75, 3.05) is 29.5 Å². The molecule has 142 valence electrons. The Morgan fingerprint density at radius 1 is 1.11 bits per heavy atom. The van der Waals surface area contributed by atoms with E-state index in [-0.39, 0.29) is 18.0 Å². The van der Waals surface area contributed by atoms with Crippen molar-refractivity contribution in [2.45, 2.75) is 25.9 Å². The lowest BCUT2D eigenvalue weighted by Gasteiger charge is -2.12. The number of urea groups is 1. The van der Waals surface area contributed by atoms with Gasteiger partial charge in [-0.2, -0.15) is 0 Å². The second-order valence-electron chi connectivity index (χ2n) is 6.58. The minimum absolute atomic E-state index is 0.101. The van der Waals surface area contributed by atoms with Crippen LogP contribution in [-0.4, -0.2) is 31.2 Å². The van der Waals surface area contributed by atoms with Crippen molar-refractivity contribution < 1.29 is 14.3 Å². The van der Waals surface area contributed by atoms with Gasteiger partial charge in [-0.3, -0.25) is 4.79 Å². The summed E-state index contributed by atoms with van der Waals surface area (Å²) in [6, 6.07) is 11.9. The molecule has 0 aliphatic carbocycles. The fourth-order valence-electron chi connectivity index (χ4n) is 2.91. The van der Waals surface area contributed by atoms with E-state index in [0.717, 1.165) is 25.0 Å². The Balaban J connectivity index is 1.52. The predicted molar refractivity (Wildman–Crippen MR) is 106 cm³/mol. The van der Waals surface area contributed by atoms with Crippen LogP contribution in [0.3, 0.4) is 0 Å². The summed E-state index contributed by atoms with van der Waals surface area (Å²) >= 11 is 0. The maximum absolute atomic E-state index is 12.4. The van der Waals surface area contributed by atoms with Crippen molar-refractivity contribution in [1.82, 2.24) is 5.32 Å². The van der Waals surface area contributed by atoms with Gasteiger partial charge in [0.15, 0.2) is 0 Å². The molecule has 0 radical (unpaired) electrons. The summed E-state index contributed by atoms with van der Waals surface area (Å²) in [4.78, 5) is 24.3. The molecule has 7 nitrogen and oxygen atoms in total. The number of carbonyl (C=O) groups excluding carboxylic acids is 2. The van der Waals surface area contributed by atoms with E-state index in [4.69, 9.17) is 10.5 Å². The van der Waals surface area contributed by atoms with Gasteiger partial charge in [-0.25, -0.2) is 4.79 Å². The van der Waals surface area contributed by atoms with E-state index in [1.54, 1.807) is 36.4 Å². The molecule has 27 heavy (non-hydrogen) atoms. The summed E-state index contributed by atoms with van der Waals surface area (Å²) in [7, 11) is 0. The molecule has 7 heteroatoms. The Kier molecular flexibility index (Phi) is 5.93. The second-order valence-corrected chi connectivity index (χ2v) is 6.58. The van der Waals surface area contributed by atoms with Crippen molar-refractivity contribution in [3.63, 3.8) is 0 Å². The van der Waals surface area contributed by atoms with Gasteiger partial charge in [-0.05, 0) is 61.7 Å². The van der Waals surface area contributed by atoms with Gasteiger partial charge in [0.1, 0.15) is 0 Å². The number of carbonyl (C=O) groups is 2. The fourth-order valence-corrected chi connectivity index (χ4v) is 2.91. The summed E-state index contributed by atoms with van der Waals surface area (Å²) in [6.07, 6.45) is 2.11. The summed E-state index contributed by atoms with van der Waals surface area (Å²) in [5, 5.41) is 8.39. The molecule has 0 aromatic heterocycles. The number of rotatable bonds is 5. The third-order valence-electron chi connectivity index (χ3n) is 4.42. The number of hydrogen-bond donors (Lipinski definition) is 4. The third kappa shape index (κ3) is 5.21. The number of nitrogens with one attached hydrogen (secondary N) is 3. The van der Waals surface area contributed by atoms with E-state index < -0.39 is 0 Å².